The van der Waals surface area contributed by atoms with E-state index in [4.69, 9.17) is 0 Å². The number of aromatic nitrogens is 1. The molecular formula is C17H11F2NO. The molecule has 0 saturated carbocycles. The Morgan fingerprint density at radius 2 is 1.76 bits per heavy atom. The number of hydrogen-bond acceptors (Lipinski definition) is 2. The third-order valence-corrected chi connectivity index (χ3v) is 3.34. The van der Waals surface area contributed by atoms with Gasteiger partial charge in [-0.15, -0.1) is 0 Å². The summed E-state index contributed by atoms with van der Waals surface area (Å²) < 4.78 is 26.2. The summed E-state index contributed by atoms with van der Waals surface area (Å²) in [6.45, 7) is 1.88. The predicted molar refractivity (Wildman–Crippen MR) is 76.3 cm³/mol. The van der Waals surface area contributed by atoms with E-state index < -0.39 is 17.4 Å². The normalized spacial score (nSPS) is 10.8. The van der Waals surface area contributed by atoms with Crippen LogP contribution < -0.4 is 0 Å². The van der Waals surface area contributed by atoms with Gasteiger partial charge in [-0.1, -0.05) is 18.2 Å². The maximum atomic E-state index is 13.2. The van der Waals surface area contributed by atoms with E-state index in [0.717, 1.165) is 23.1 Å². The number of para-hydroxylation sites is 1. The number of nitrogens with zero attached hydrogens (tertiary/aromatic N) is 1. The molecule has 0 aliphatic heterocycles. The van der Waals surface area contributed by atoms with Crippen molar-refractivity contribution in [3.63, 3.8) is 0 Å². The Kier molecular flexibility index (Phi) is 3.22. The van der Waals surface area contributed by atoms with Gasteiger partial charge < -0.3 is 0 Å². The third kappa shape index (κ3) is 2.40. The van der Waals surface area contributed by atoms with Crippen LogP contribution in [0.2, 0.25) is 0 Å². The summed E-state index contributed by atoms with van der Waals surface area (Å²) in [5.74, 6) is -2.45. The van der Waals surface area contributed by atoms with E-state index in [1.165, 1.54) is 6.07 Å². The highest BCUT2D eigenvalue weighted by Crippen LogP contribution is 2.19. The van der Waals surface area contributed by atoms with E-state index in [0.29, 0.717) is 5.52 Å². The van der Waals surface area contributed by atoms with Gasteiger partial charge in [0.1, 0.15) is 5.69 Å². The van der Waals surface area contributed by atoms with Crippen molar-refractivity contribution in [1.82, 2.24) is 4.98 Å². The van der Waals surface area contributed by atoms with E-state index in [1.807, 2.05) is 31.2 Å². The number of ketones is 1. The summed E-state index contributed by atoms with van der Waals surface area (Å²) in [5.41, 5.74) is 1.91. The van der Waals surface area contributed by atoms with Gasteiger partial charge in [0.2, 0.25) is 5.78 Å². The molecule has 0 amide bonds. The van der Waals surface area contributed by atoms with E-state index in [2.05, 4.69) is 4.98 Å². The van der Waals surface area contributed by atoms with Crippen LogP contribution in [0.4, 0.5) is 8.78 Å². The first kappa shape index (κ1) is 13.4. The number of hydrogen-bond donors (Lipinski definition) is 0. The smallest absolute Gasteiger partial charge is 0.211 e. The number of aryl methyl sites for hydroxylation is 1. The molecule has 2 aromatic carbocycles. The monoisotopic (exact) mass is 283 g/mol. The average Bonchev–Trinajstić information content (AvgIpc) is 2.49. The van der Waals surface area contributed by atoms with E-state index in [9.17, 15) is 13.6 Å². The van der Waals surface area contributed by atoms with E-state index in [1.54, 1.807) is 6.07 Å². The standard InChI is InChI=1S/C17H11F2NO/c1-10-8-16(20-15-5-3-2-4-12(10)15)17(21)11-6-7-13(18)14(19)9-11/h2-9H,1H3. The summed E-state index contributed by atoms with van der Waals surface area (Å²) >= 11 is 0. The molecule has 21 heavy (non-hydrogen) atoms. The lowest BCUT2D eigenvalue weighted by atomic mass is 10.0. The van der Waals surface area contributed by atoms with Crippen molar-refractivity contribution in [2.24, 2.45) is 0 Å². The second kappa shape index (κ2) is 5.05. The minimum absolute atomic E-state index is 0.0797. The van der Waals surface area contributed by atoms with Crippen LogP contribution in [0.5, 0.6) is 0 Å². The largest absolute Gasteiger partial charge is 0.287 e. The van der Waals surface area contributed by atoms with Crippen LogP contribution in [0.15, 0.2) is 48.5 Å². The molecule has 0 bridgehead atoms. The second-order valence-corrected chi connectivity index (χ2v) is 4.80. The zero-order valence-corrected chi connectivity index (χ0v) is 11.2. The zero-order valence-electron chi connectivity index (χ0n) is 11.2. The molecule has 3 rings (SSSR count). The Bertz CT molecular complexity index is 859. The fraction of sp³-hybridized carbons (Fsp3) is 0.0588. The van der Waals surface area contributed by atoms with Crippen LogP contribution in [0.25, 0.3) is 10.9 Å². The molecule has 0 unspecified atom stereocenters. The van der Waals surface area contributed by atoms with Gasteiger partial charge in [-0.05, 0) is 42.8 Å². The van der Waals surface area contributed by atoms with Crippen LogP contribution in [-0.2, 0) is 0 Å². The molecule has 0 fully saturated rings. The molecule has 4 heteroatoms. The molecule has 0 N–H and O–H groups in total. The molecule has 0 atom stereocenters. The Labute approximate surface area is 120 Å². The maximum Gasteiger partial charge on any atom is 0.211 e. The zero-order chi connectivity index (χ0) is 15.0. The molecule has 3 aromatic rings. The first-order chi connectivity index (χ1) is 10.1. The van der Waals surface area contributed by atoms with E-state index >= 15 is 0 Å². The van der Waals surface area contributed by atoms with Crippen molar-refractivity contribution in [1.29, 1.82) is 0 Å². The molecular weight excluding hydrogens is 272 g/mol. The van der Waals surface area contributed by atoms with Gasteiger partial charge in [0, 0.05) is 10.9 Å². The highest BCUT2D eigenvalue weighted by molar-refractivity contribution is 6.08. The fourth-order valence-electron chi connectivity index (χ4n) is 2.25. The fourth-order valence-corrected chi connectivity index (χ4v) is 2.25. The van der Waals surface area contributed by atoms with Crippen LogP contribution in [0, 0.1) is 18.6 Å². The lowest BCUT2D eigenvalue weighted by Gasteiger charge is -2.06. The minimum Gasteiger partial charge on any atom is -0.287 e. The molecule has 0 radical (unpaired) electrons. The van der Waals surface area contributed by atoms with Crippen molar-refractivity contribution < 1.29 is 13.6 Å². The number of carbonyl (C=O) groups is 1. The Morgan fingerprint density at radius 3 is 2.52 bits per heavy atom. The summed E-state index contributed by atoms with van der Waals surface area (Å²) in [6.07, 6.45) is 0. The first-order valence-corrected chi connectivity index (χ1v) is 6.42. The van der Waals surface area contributed by atoms with Crippen molar-refractivity contribution in [3.8, 4) is 0 Å². The SMILES string of the molecule is Cc1cc(C(=O)c2ccc(F)c(F)c2)nc2ccccc12. The molecule has 0 aliphatic rings. The Hall–Kier alpha value is -2.62. The average molecular weight is 283 g/mol. The van der Waals surface area contributed by atoms with Crippen molar-refractivity contribution in [2.75, 3.05) is 0 Å². The molecule has 2 nitrogen and oxygen atoms in total. The first-order valence-electron chi connectivity index (χ1n) is 6.42. The number of carbonyl (C=O) groups excluding carboxylic acids is 1. The van der Waals surface area contributed by atoms with E-state index in [-0.39, 0.29) is 11.3 Å². The van der Waals surface area contributed by atoms with Gasteiger partial charge in [0.15, 0.2) is 11.6 Å². The van der Waals surface area contributed by atoms with Crippen LogP contribution >= 0.6 is 0 Å². The molecule has 0 saturated heterocycles. The lowest BCUT2D eigenvalue weighted by Crippen LogP contribution is -2.06. The maximum absolute atomic E-state index is 13.2. The van der Waals surface area contributed by atoms with Crippen LogP contribution in [0.1, 0.15) is 21.6 Å². The number of pyridine rings is 1. The van der Waals surface area contributed by atoms with Gasteiger partial charge in [-0.3, -0.25) is 4.79 Å². The minimum atomic E-state index is -1.04. The van der Waals surface area contributed by atoms with Gasteiger partial charge in [-0.25, -0.2) is 13.8 Å². The molecule has 104 valence electrons. The number of rotatable bonds is 2. The van der Waals surface area contributed by atoms with Crippen molar-refractivity contribution in [2.45, 2.75) is 6.92 Å². The number of halogens is 2. The lowest BCUT2D eigenvalue weighted by molar-refractivity contribution is 0.103. The highest BCUT2D eigenvalue weighted by atomic mass is 19.2. The topological polar surface area (TPSA) is 30.0 Å². The summed E-state index contributed by atoms with van der Waals surface area (Å²) in [6, 6.07) is 12.2. The number of fused-ring (bicyclic) bond motifs is 1. The second-order valence-electron chi connectivity index (χ2n) is 4.80. The van der Waals surface area contributed by atoms with Gasteiger partial charge >= 0.3 is 0 Å². The van der Waals surface area contributed by atoms with Crippen molar-refractivity contribution >= 4 is 16.7 Å². The summed E-state index contributed by atoms with van der Waals surface area (Å²) in [7, 11) is 0. The molecule has 1 aromatic heterocycles. The van der Waals surface area contributed by atoms with Gasteiger partial charge in [0.05, 0.1) is 5.52 Å². The summed E-state index contributed by atoms with van der Waals surface area (Å²) in [4.78, 5) is 16.7. The molecule has 0 aliphatic carbocycles. The van der Waals surface area contributed by atoms with Crippen LogP contribution in [-0.4, -0.2) is 10.8 Å². The summed E-state index contributed by atoms with van der Waals surface area (Å²) in [5, 5.41) is 0.958. The Balaban J connectivity index is 2.11. The third-order valence-electron chi connectivity index (χ3n) is 3.34. The highest BCUT2D eigenvalue weighted by Gasteiger charge is 2.14. The van der Waals surface area contributed by atoms with Crippen molar-refractivity contribution in [3.05, 3.63) is 77.0 Å². The molecule has 0 spiro atoms. The quantitative estimate of drug-likeness (QED) is 0.664. The number of benzene rings is 2. The van der Waals surface area contributed by atoms with Gasteiger partial charge in [-0.2, -0.15) is 0 Å². The molecule has 1 heterocycles. The predicted octanol–water partition coefficient (Wildman–Crippen LogP) is 4.05. The van der Waals surface area contributed by atoms with Crippen LogP contribution in [0.3, 0.4) is 0 Å². The van der Waals surface area contributed by atoms with Gasteiger partial charge in [0.25, 0.3) is 0 Å². The Morgan fingerprint density at radius 1 is 1.00 bits per heavy atom.